The predicted octanol–water partition coefficient (Wildman–Crippen LogP) is 2.67. The van der Waals surface area contributed by atoms with Crippen LogP contribution in [0.1, 0.15) is 20.8 Å². The highest BCUT2D eigenvalue weighted by molar-refractivity contribution is 14.0. The molecule has 1 aromatic carbocycles. The number of guanidine groups is 1. The van der Waals surface area contributed by atoms with Crippen molar-refractivity contribution in [2.75, 3.05) is 51.2 Å². The van der Waals surface area contributed by atoms with Gasteiger partial charge in [-0.15, -0.1) is 24.0 Å². The first-order valence-electron chi connectivity index (χ1n) is 9.21. The van der Waals surface area contributed by atoms with Crippen molar-refractivity contribution in [1.29, 1.82) is 0 Å². The Bertz CT molecular complexity index is 641. The predicted molar refractivity (Wildman–Crippen MR) is 121 cm³/mol. The first-order chi connectivity index (χ1) is 12.8. The minimum absolute atomic E-state index is 0. The molecular weight excluding hydrogens is 476 g/mol. The summed E-state index contributed by atoms with van der Waals surface area (Å²) in [6.07, 6.45) is -0.424. The summed E-state index contributed by atoms with van der Waals surface area (Å²) in [5, 5.41) is 5.98. The van der Waals surface area contributed by atoms with Gasteiger partial charge in [0, 0.05) is 52.0 Å². The molecule has 1 aliphatic rings. The van der Waals surface area contributed by atoms with Crippen LogP contribution in [0.25, 0.3) is 0 Å². The van der Waals surface area contributed by atoms with Crippen LogP contribution in [0.2, 0.25) is 0 Å². The molecule has 0 bridgehead atoms. The van der Waals surface area contributed by atoms with E-state index < -0.39 is 11.7 Å². The third-order valence-corrected chi connectivity index (χ3v) is 4.06. The molecule has 158 valence electrons. The third kappa shape index (κ3) is 8.07. The Kier molecular flexibility index (Phi) is 9.77. The van der Waals surface area contributed by atoms with Crippen LogP contribution in [-0.4, -0.2) is 68.9 Å². The Balaban J connectivity index is 0.00000392. The Morgan fingerprint density at radius 2 is 1.68 bits per heavy atom. The average molecular weight is 507 g/mol. The van der Waals surface area contributed by atoms with Crippen molar-refractivity contribution in [3.63, 3.8) is 0 Å². The number of anilines is 1. The van der Waals surface area contributed by atoms with Gasteiger partial charge in [0.1, 0.15) is 11.4 Å². The Labute approximate surface area is 183 Å². The zero-order valence-corrected chi connectivity index (χ0v) is 19.3. The molecule has 0 radical (unpaired) electrons. The summed E-state index contributed by atoms with van der Waals surface area (Å²) >= 11 is 0. The second kappa shape index (κ2) is 11.3. The van der Waals surface area contributed by atoms with Gasteiger partial charge in [-0.1, -0.05) is 0 Å². The van der Waals surface area contributed by atoms with Gasteiger partial charge in [0.15, 0.2) is 5.96 Å². The van der Waals surface area contributed by atoms with Crippen LogP contribution in [-0.2, 0) is 4.74 Å². The fourth-order valence-corrected chi connectivity index (χ4v) is 2.81. The molecular formula is C19H31FIN5O2. The fourth-order valence-electron chi connectivity index (χ4n) is 2.81. The molecule has 0 saturated carbocycles. The Hall–Kier alpha value is -1.78. The normalized spacial score (nSPS) is 15.0. The number of nitrogens with zero attached hydrogens (tertiary/aromatic N) is 3. The summed E-state index contributed by atoms with van der Waals surface area (Å²) in [5.74, 6) is 0.585. The van der Waals surface area contributed by atoms with E-state index in [-0.39, 0.29) is 29.8 Å². The van der Waals surface area contributed by atoms with Gasteiger partial charge in [-0.25, -0.2) is 9.18 Å². The van der Waals surface area contributed by atoms with Gasteiger partial charge in [0.05, 0.1) is 0 Å². The maximum atomic E-state index is 13.1. The Morgan fingerprint density at radius 3 is 2.21 bits per heavy atom. The van der Waals surface area contributed by atoms with Gasteiger partial charge >= 0.3 is 6.09 Å². The summed E-state index contributed by atoms with van der Waals surface area (Å²) < 4.78 is 18.3. The highest BCUT2D eigenvalue weighted by atomic mass is 127. The van der Waals surface area contributed by atoms with Crippen LogP contribution in [0.3, 0.4) is 0 Å². The number of rotatable bonds is 4. The van der Waals surface area contributed by atoms with Crippen LogP contribution in [0, 0.1) is 5.82 Å². The van der Waals surface area contributed by atoms with E-state index in [1.54, 1.807) is 19.2 Å². The van der Waals surface area contributed by atoms with Crippen LogP contribution < -0.4 is 15.5 Å². The van der Waals surface area contributed by atoms with Crippen molar-refractivity contribution in [2.45, 2.75) is 26.4 Å². The average Bonchev–Trinajstić information content (AvgIpc) is 2.61. The lowest BCUT2D eigenvalue weighted by Crippen LogP contribution is -2.53. The third-order valence-electron chi connectivity index (χ3n) is 4.06. The zero-order valence-electron chi connectivity index (χ0n) is 17.0. The van der Waals surface area contributed by atoms with E-state index in [2.05, 4.69) is 25.4 Å². The molecule has 0 unspecified atom stereocenters. The second-order valence-electron chi connectivity index (χ2n) is 7.35. The standard InChI is InChI=1S/C19H30FN5O2.HI/c1-19(2,3)27-18(26)23-10-9-22-17(21-4)25-13-11-24(12-14-25)16-7-5-15(20)6-8-16;/h5-8H,9-14H2,1-4H3,(H,21,22)(H,23,26);1H. The molecule has 28 heavy (non-hydrogen) atoms. The van der Waals surface area contributed by atoms with Crippen molar-refractivity contribution in [2.24, 2.45) is 4.99 Å². The van der Waals surface area contributed by atoms with E-state index >= 15 is 0 Å². The van der Waals surface area contributed by atoms with E-state index in [0.717, 1.165) is 37.8 Å². The molecule has 0 aliphatic carbocycles. The summed E-state index contributed by atoms with van der Waals surface area (Å²) in [5.41, 5.74) is 0.526. The number of halogens is 2. The number of ether oxygens (including phenoxy) is 1. The maximum absolute atomic E-state index is 13.1. The van der Waals surface area contributed by atoms with Crippen molar-refractivity contribution in [1.82, 2.24) is 15.5 Å². The summed E-state index contributed by atoms with van der Waals surface area (Å²) in [6.45, 7) is 9.81. The lowest BCUT2D eigenvalue weighted by Gasteiger charge is -2.37. The number of aliphatic imine (C=N–C) groups is 1. The number of carbonyl (C=O) groups is 1. The number of benzene rings is 1. The molecule has 1 aromatic rings. The Morgan fingerprint density at radius 1 is 1.11 bits per heavy atom. The first kappa shape index (κ1) is 24.3. The number of hydrogen-bond acceptors (Lipinski definition) is 4. The monoisotopic (exact) mass is 507 g/mol. The molecule has 7 nitrogen and oxygen atoms in total. The number of nitrogens with one attached hydrogen (secondary N) is 2. The van der Waals surface area contributed by atoms with Gasteiger partial charge in [-0.05, 0) is 45.0 Å². The molecule has 1 heterocycles. The highest BCUT2D eigenvalue weighted by Crippen LogP contribution is 2.16. The van der Waals surface area contributed by atoms with Crippen molar-refractivity contribution in [3.8, 4) is 0 Å². The van der Waals surface area contributed by atoms with E-state index in [1.165, 1.54) is 12.1 Å². The fraction of sp³-hybridized carbons (Fsp3) is 0.579. The molecule has 0 atom stereocenters. The number of alkyl carbamates (subject to hydrolysis) is 1. The summed E-state index contributed by atoms with van der Waals surface area (Å²) in [4.78, 5) is 20.4. The van der Waals surface area contributed by atoms with Crippen molar-refractivity contribution >= 4 is 41.7 Å². The molecule has 1 aliphatic heterocycles. The van der Waals surface area contributed by atoms with E-state index in [4.69, 9.17) is 4.74 Å². The van der Waals surface area contributed by atoms with E-state index in [9.17, 15) is 9.18 Å². The molecule has 9 heteroatoms. The SMILES string of the molecule is CN=C(NCCNC(=O)OC(C)(C)C)N1CCN(c2ccc(F)cc2)CC1.I. The topological polar surface area (TPSA) is 69.2 Å². The quantitative estimate of drug-likeness (QED) is 0.284. The van der Waals surface area contributed by atoms with Crippen LogP contribution in [0.4, 0.5) is 14.9 Å². The molecule has 0 spiro atoms. The lowest BCUT2D eigenvalue weighted by molar-refractivity contribution is 0.0529. The second-order valence-corrected chi connectivity index (χ2v) is 7.35. The largest absolute Gasteiger partial charge is 0.444 e. The molecule has 2 N–H and O–H groups in total. The number of carbonyl (C=O) groups excluding carboxylic acids is 1. The van der Waals surface area contributed by atoms with E-state index in [1.807, 2.05) is 20.8 Å². The van der Waals surface area contributed by atoms with Gasteiger partial charge in [0.2, 0.25) is 0 Å². The first-order valence-corrected chi connectivity index (χ1v) is 9.21. The minimum atomic E-state index is -0.502. The van der Waals surface area contributed by atoms with Gasteiger partial charge in [-0.3, -0.25) is 4.99 Å². The summed E-state index contributed by atoms with van der Waals surface area (Å²) in [6, 6.07) is 6.58. The van der Waals surface area contributed by atoms with Crippen LogP contribution >= 0.6 is 24.0 Å². The number of hydrogen-bond donors (Lipinski definition) is 2. The van der Waals surface area contributed by atoms with Crippen LogP contribution in [0.15, 0.2) is 29.3 Å². The van der Waals surface area contributed by atoms with Gasteiger partial charge < -0.3 is 25.2 Å². The molecule has 1 amide bonds. The van der Waals surface area contributed by atoms with Crippen LogP contribution in [0.5, 0.6) is 0 Å². The molecule has 0 aromatic heterocycles. The van der Waals surface area contributed by atoms with Crippen molar-refractivity contribution < 1.29 is 13.9 Å². The summed E-state index contributed by atoms with van der Waals surface area (Å²) in [7, 11) is 1.75. The van der Waals surface area contributed by atoms with Gasteiger partial charge in [0.25, 0.3) is 0 Å². The highest BCUT2D eigenvalue weighted by Gasteiger charge is 2.20. The number of piperazine rings is 1. The van der Waals surface area contributed by atoms with E-state index in [0.29, 0.717) is 13.1 Å². The maximum Gasteiger partial charge on any atom is 0.407 e. The molecule has 1 fully saturated rings. The van der Waals surface area contributed by atoms with Gasteiger partial charge in [-0.2, -0.15) is 0 Å². The molecule has 2 rings (SSSR count). The number of amides is 1. The van der Waals surface area contributed by atoms with Crippen molar-refractivity contribution in [3.05, 3.63) is 30.1 Å². The smallest absolute Gasteiger partial charge is 0.407 e. The lowest BCUT2D eigenvalue weighted by atomic mass is 10.2. The zero-order chi connectivity index (χ0) is 19.9. The molecule has 1 saturated heterocycles. The minimum Gasteiger partial charge on any atom is -0.444 e.